The highest BCUT2D eigenvalue weighted by Gasteiger charge is 2.30. The predicted molar refractivity (Wildman–Crippen MR) is 67.7 cm³/mol. The number of morpholine rings is 1. The van der Waals surface area contributed by atoms with Crippen LogP contribution in [-0.2, 0) is 19.6 Å². The van der Waals surface area contributed by atoms with Crippen molar-refractivity contribution in [3.63, 3.8) is 0 Å². The Kier molecular flexibility index (Phi) is 5.51. The van der Waals surface area contributed by atoms with Crippen LogP contribution in [0.3, 0.4) is 0 Å². The number of sulfonamides is 1. The summed E-state index contributed by atoms with van der Waals surface area (Å²) in [6.07, 6.45) is 0.426. The lowest BCUT2D eigenvalue weighted by Gasteiger charge is -2.30. The number of hydrogen-bond acceptors (Lipinski definition) is 5. The van der Waals surface area contributed by atoms with E-state index < -0.39 is 16.1 Å². The Hall–Kier alpha value is -0.700. The van der Waals surface area contributed by atoms with Gasteiger partial charge in [-0.2, -0.15) is 4.31 Å². The summed E-state index contributed by atoms with van der Waals surface area (Å²) in [5.74, 6) is -0.259. The maximum Gasteiger partial charge on any atom is 0.250 e. The van der Waals surface area contributed by atoms with Gasteiger partial charge in [0.1, 0.15) is 6.10 Å². The highest BCUT2D eigenvalue weighted by Crippen LogP contribution is 2.08. The first kappa shape index (κ1) is 15.4. The molecule has 0 aliphatic carbocycles. The lowest BCUT2D eigenvalue weighted by Crippen LogP contribution is -2.51. The summed E-state index contributed by atoms with van der Waals surface area (Å²) < 4.78 is 29.3. The van der Waals surface area contributed by atoms with Gasteiger partial charge in [-0.1, -0.05) is 0 Å². The van der Waals surface area contributed by atoms with Crippen molar-refractivity contribution in [3.05, 3.63) is 0 Å². The average Bonchev–Trinajstić information content (AvgIpc) is 2.27. The van der Waals surface area contributed by atoms with E-state index in [-0.39, 0.29) is 19.1 Å². The molecular weight excluding hydrogens is 258 g/mol. The first-order chi connectivity index (χ1) is 8.30. The van der Waals surface area contributed by atoms with Gasteiger partial charge in [0, 0.05) is 26.2 Å². The molecule has 1 saturated heterocycles. The maximum atomic E-state index is 11.8. The second-order valence-corrected chi connectivity index (χ2v) is 6.56. The predicted octanol–water partition coefficient (Wildman–Crippen LogP) is -1.68. The summed E-state index contributed by atoms with van der Waals surface area (Å²) in [6.45, 7) is 1.89. The number of nitrogens with one attached hydrogen (secondary N) is 1. The third kappa shape index (κ3) is 4.89. The lowest BCUT2D eigenvalue weighted by atomic mass is 10.3. The Morgan fingerprint density at radius 3 is 2.72 bits per heavy atom. The van der Waals surface area contributed by atoms with E-state index in [1.807, 2.05) is 19.0 Å². The molecule has 1 N–H and O–H groups in total. The summed E-state index contributed by atoms with van der Waals surface area (Å²) in [5.41, 5.74) is 0. The van der Waals surface area contributed by atoms with Gasteiger partial charge in [-0.3, -0.25) is 4.79 Å². The molecule has 1 atom stereocenters. The summed E-state index contributed by atoms with van der Waals surface area (Å²) in [5, 5.41) is 2.73. The van der Waals surface area contributed by atoms with Gasteiger partial charge in [0.25, 0.3) is 5.91 Å². The Labute approximate surface area is 108 Å². The van der Waals surface area contributed by atoms with E-state index in [4.69, 9.17) is 4.74 Å². The van der Waals surface area contributed by atoms with Crippen LogP contribution in [-0.4, -0.2) is 82.8 Å². The molecule has 0 aromatic heterocycles. The first-order valence-corrected chi connectivity index (χ1v) is 7.64. The molecule has 0 aromatic rings. The van der Waals surface area contributed by atoms with Gasteiger partial charge in [-0.15, -0.1) is 0 Å². The molecule has 0 radical (unpaired) electrons. The second-order valence-electron chi connectivity index (χ2n) is 4.57. The normalized spacial score (nSPS) is 22.1. The van der Waals surface area contributed by atoms with Crippen LogP contribution in [0, 0.1) is 0 Å². The van der Waals surface area contributed by atoms with Gasteiger partial charge < -0.3 is 15.0 Å². The molecule has 7 nitrogen and oxygen atoms in total. The standard InChI is InChI=1S/C10H21N3O4S/c1-12(2)5-4-11-10(14)9-8-13(6-7-17-9)18(3,15)16/h9H,4-8H2,1-3H3,(H,11,14). The van der Waals surface area contributed by atoms with Gasteiger partial charge in [-0.05, 0) is 14.1 Å². The van der Waals surface area contributed by atoms with Crippen molar-refractivity contribution in [2.75, 3.05) is 53.1 Å². The molecule has 1 heterocycles. The fourth-order valence-corrected chi connectivity index (χ4v) is 2.41. The fraction of sp³-hybridized carbons (Fsp3) is 0.900. The van der Waals surface area contributed by atoms with Crippen LogP contribution in [0.5, 0.6) is 0 Å². The van der Waals surface area contributed by atoms with E-state index in [0.29, 0.717) is 13.1 Å². The highest BCUT2D eigenvalue weighted by molar-refractivity contribution is 7.88. The number of rotatable bonds is 5. The Bertz CT molecular complexity index is 383. The monoisotopic (exact) mass is 279 g/mol. The number of carbonyl (C=O) groups is 1. The van der Waals surface area contributed by atoms with Crippen LogP contribution in [0.2, 0.25) is 0 Å². The van der Waals surface area contributed by atoms with Crippen molar-refractivity contribution in [3.8, 4) is 0 Å². The van der Waals surface area contributed by atoms with Crippen LogP contribution < -0.4 is 5.32 Å². The Balaban J connectivity index is 2.44. The molecular formula is C10H21N3O4S. The van der Waals surface area contributed by atoms with E-state index >= 15 is 0 Å². The molecule has 8 heteroatoms. The SMILES string of the molecule is CN(C)CCNC(=O)C1CN(S(C)(=O)=O)CCO1. The molecule has 1 unspecified atom stereocenters. The number of nitrogens with zero attached hydrogens (tertiary/aromatic N) is 2. The Morgan fingerprint density at radius 2 is 2.17 bits per heavy atom. The van der Waals surface area contributed by atoms with Crippen molar-refractivity contribution >= 4 is 15.9 Å². The summed E-state index contributed by atoms with van der Waals surface area (Å²) >= 11 is 0. The largest absolute Gasteiger partial charge is 0.366 e. The average molecular weight is 279 g/mol. The minimum Gasteiger partial charge on any atom is -0.366 e. The van der Waals surface area contributed by atoms with Crippen molar-refractivity contribution in [1.29, 1.82) is 0 Å². The van der Waals surface area contributed by atoms with Gasteiger partial charge in [-0.25, -0.2) is 8.42 Å². The fourth-order valence-electron chi connectivity index (χ4n) is 1.60. The topological polar surface area (TPSA) is 79.0 Å². The van der Waals surface area contributed by atoms with E-state index in [0.717, 1.165) is 12.8 Å². The zero-order valence-electron chi connectivity index (χ0n) is 11.0. The quantitative estimate of drug-likeness (QED) is 0.650. The zero-order chi connectivity index (χ0) is 13.8. The molecule has 1 aliphatic rings. The van der Waals surface area contributed by atoms with E-state index in [2.05, 4.69) is 5.32 Å². The number of ether oxygens (including phenoxy) is 1. The van der Waals surface area contributed by atoms with Gasteiger partial charge in [0.05, 0.1) is 12.9 Å². The minimum atomic E-state index is -3.26. The van der Waals surface area contributed by atoms with Crippen molar-refractivity contribution in [1.82, 2.24) is 14.5 Å². The molecule has 1 fully saturated rings. The summed E-state index contributed by atoms with van der Waals surface area (Å²) in [4.78, 5) is 13.7. The lowest BCUT2D eigenvalue weighted by molar-refractivity contribution is -0.136. The van der Waals surface area contributed by atoms with Crippen LogP contribution in [0.1, 0.15) is 0 Å². The molecule has 106 valence electrons. The molecule has 1 aliphatic heterocycles. The van der Waals surface area contributed by atoms with Crippen LogP contribution in [0.25, 0.3) is 0 Å². The molecule has 1 rings (SSSR count). The number of carbonyl (C=O) groups excluding carboxylic acids is 1. The van der Waals surface area contributed by atoms with Crippen molar-refractivity contribution < 1.29 is 17.9 Å². The Morgan fingerprint density at radius 1 is 1.50 bits per heavy atom. The van der Waals surface area contributed by atoms with E-state index in [1.165, 1.54) is 4.31 Å². The van der Waals surface area contributed by atoms with Crippen molar-refractivity contribution in [2.45, 2.75) is 6.10 Å². The summed E-state index contributed by atoms with van der Waals surface area (Å²) in [7, 11) is 0.562. The first-order valence-electron chi connectivity index (χ1n) is 5.80. The maximum absolute atomic E-state index is 11.8. The molecule has 0 aromatic carbocycles. The highest BCUT2D eigenvalue weighted by atomic mass is 32.2. The van der Waals surface area contributed by atoms with Gasteiger partial charge in [0.15, 0.2) is 0 Å². The van der Waals surface area contributed by atoms with E-state index in [9.17, 15) is 13.2 Å². The second kappa shape index (κ2) is 6.46. The van der Waals surface area contributed by atoms with Crippen LogP contribution >= 0.6 is 0 Å². The van der Waals surface area contributed by atoms with Crippen molar-refractivity contribution in [2.24, 2.45) is 0 Å². The third-order valence-electron chi connectivity index (χ3n) is 2.65. The minimum absolute atomic E-state index is 0.0899. The third-order valence-corrected chi connectivity index (χ3v) is 3.92. The molecule has 0 spiro atoms. The van der Waals surface area contributed by atoms with E-state index in [1.54, 1.807) is 0 Å². The van der Waals surface area contributed by atoms with Crippen LogP contribution in [0.4, 0.5) is 0 Å². The number of hydrogen-bond donors (Lipinski definition) is 1. The summed E-state index contributed by atoms with van der Waals surface area (Å²) in [6, 6.07) is 0. The molecule has 0 saturated carbocycles. The van der Waals surface area contributed by atoms with Crippen LogP contribution in [0.15, 0.2) is 0 Å². The number of amides is 1. The van der Waals surface area contributed by atoms with Gasteiger partial charge >= 0.3 is 0 Å². The molecule has 0 bridgehead atoms. The molecule has 18 heavy (non-hydrogen) atoms. The number of likely N-dealkylation sites (N-methyl/N-ethyl adjacent to an activating group) is 1. The molecule has 1 amide bonds. The zero-order valence-corrected chi connectivity index (χ0v) is 11.9. The smallest absolute Gasteiger partial charge is 0.250 e. The van der Waals surface area contributed by atoms with Gasteiger partial charge in [0.2, 0.25) is 10.0 Å².